The summed E-state index contributed by atoms with van der Waals surface area (Å²) in [5, 5.41) is 10.6. The Labute approximate surface area is 197 Å². The van der Waals surface area contributed by atoms with E-state index in [9.17, 15) is 9.90 Å². The number of methoxy groups -OCH3 is 2. The molecule has 3 aromatic carbocycles. The summed E-state index contributed by atoms with van der Waals surface area (Å²) < 4.78 is 17.3. The number of benzene rings is 3. The normalized spacial score (nSPS) is 11.9. The van der Waals surface area contributed by atoms with Gasteiger partial charge in [-0.1, -0.05) is 6.92 Å². The van der Waals surface area contributed by atoms with Crippen LogP contribution in [-0.2, 0) is 0 Å². The molecule has 1 unspecified atom stereocenters. The Kier molecular flexibility index (Phi) is 6.96. The second-order valence-electron chi connectivity index (χ2n) is 7.62. The van der Waals surface area contributed by atoms with Crippen molar-refractivity contribution in [1.29, 1.82) is 0 Å². The second-order valence-corrected chi connectivity index (χ2v) is 8.68. The molecule has 0 amide bonds. The fourth-order valence-corrected chi connectivity index (χ4v) is 4.77. The molecule has 1 N–H and O–H groups in total. The Morgan fingerprint density at radius 2 is 1.55 bits per heavy atom. The van der Waals surface area contributed by atoms with E-state index in [0.717, 1.165) is 32.0 Å². The molecule has 0 aliphatic rings. The summed E-state index contributed by atoms with van der Waals surface area (Å²) in [5.74, 6) is 2.07. The van der Waals surface area contributed by atoms with Crippen LogP contribution in [0.2, 0.25) is 0 Å². The molecule has 6 heteroatoms. The maximum atomic E-state index is 13.7. The van der Waals surface area contributed by atoms with Crippen LogP contribution in [-0.4, -0.2) is 37.8 Å². The van der Waals surface area contributed by atoms with Gasteiger partial charge >= 0.3 is 0 Å². The van der Waals surface area contributed by atoms with E-state index in [1.54, 1.807) is 49.8 Å². The van der Waals surface area contributed by atoms with Crippen LogP contribution in [0.25, 0.3) is 20.5 Å². The number of ether oxygens (including phenoxy) is 3. The summed E-state index contributed by atoms with van der Waals surface area (Å²) in [6.45, 7) is 2.12. The van der Waals surface area contributed by atoms with Gasteiger partial charge in [0, 0.05) is 26.1 Å². The van der Waals surface area contributed by atoms with E-state index < -0.39 is 6.10 Å². The van der Waals surface area contributed by atoms with Gasteiger partial charge in [-0.25, -0.2) is 0 Å². The fourth-order valence-electron chi connectivity index (χ4n) is 3.53. The summed E-state index contributed by atoms with van der Waals surface area (Å²) in [6.07, 6.45) is 0.119. The molecule has 1 atom stereocenters. The van der Waals surface area contributed by atoms with Gasteiger partial charge in [-0.2, -0.15) is 0 Å². The number of hydrogen-bond donors (Lipinski definition) is 1. The van der Waals surface area contributed by atoms with Crippen molar-refractivity contribution in [2.45, 2.75) is 19.4 Å². The first-order chi connectivity index (χ1) is 16.0. The number of thiophene rings is 1. The molecule has 0 aliphatic heterocycles. The van der Waals surface area contributed by atoms with Gasteiger partial charge in [-0.3, -0.25) is 4.79 Å². The maximum absolute atomic E-state index is 13.7. The topological polar surface area (TPSA) is 65.0 Å². The molecule has 170 valence electrons. The van der Waals surface area contributed by atoms with Crippen molar-refractivity contribution in [2.75, 3.05) is 20.8 Å². The van der Waals surface area contributed by atoms with Crippen LogP contribution in [0.5, 0.6) is 17.2 Å². The van der Waals surface area contributed by atoms with Crippen molar-refractivity contribution < 1.29 is 24.1 Å². The molecule has 4 rings (SSSR count). The standard InChI is InChI=1S/C27H26O5S/c1-4-19(28)16-32-21-11-5-17(6-12-21)26(29)25-23-14-13-22(31-3)15-24(23)33-27(25)18-7-9-20(30-2)10-8-18/h5-15,19,28H,4,16H2,1-3H3. The summed E-state index contributed by atoms with van der Waals surface area (Å²) >= 11 is 1.57. The van der Waals surface area contributed by atoms with Crippen LogP contribution in [0, 0.1) is 0 Å². The SMILES string of the molecule is CCC(O)COc1ccc(C(=O)c2c(-c3ccc(OC)cc3)sc3cc(OC)ccc23)cc1. The molecule has 1 heterocycles. The zero-order chi connectivity index (χ0) is 23.4. The van der Waals surface area contributed by atoms with Crippen LogP contribution in [0.1, 0.15) is 29.3 Å². The van der Waals surface area contributed by atoms with Crippen molar-refractivity contribution in [2.24, 2.45) is 0 Å². The number of ketones is 1. The Morgan fingerprint density at radius 3 is 2.18 bits per heavy atom. The van der Waals surface area contributed by atoms with Crippen LogP contribution < -0.4 is 14.2 Å². The highest BCUT2D eigenvalue weighted by molar-refractivity contribution is 7.22. The fraction of sp³-hybridized carbons (Fsp3) is 0.222. The highest BCUT2D eigenvalue weighted by Crippen LogP contribution is 2.41. The minimum absolute atomic E-state index is 0.0580. The lowest BCUT2D eigenvalue weighted by molar-refractivity contribution is 0.103. The van der Waals surface area contributed by atoms with E-state index in [-0.39, 0.29) is 12.4 Å². The minimum Gasteiger partial charge on any atom is -0.497 e. The van der Waals surface area contributed by atoms with Gasteiger partial charge in [0.25, 0.3) is 0 Å². The number of rotatable bonds is 9. The van der Waals surface area contributed by atoms with Gasteiger partial charge in [-0.05, 0) is 78.7 Å². The summed E-state index contributed by atoms with van der Waals surface area (Å²) in [6, 6.07) is 20.5. The van der Waals surface area contributed by atoms with Crippen molar-refractivity contribution in [3.05, 3.63) is 77.9 Å². The maximum Gasteiger partial charge on any atom is 0.195 e. The molecule has 5 nitrogen and oxygen atoms in total. The number of carbonyl (C=O) groups is 1. The van der Waals surface area contributed by atoms with E-state index in [1.165, 1.54) is 0 Å². The van der Waals surface area contributed by atoms with E-state index in [2.05, 4.69) is 0 Å². The number of carbonyl (C=O) groups excluding carboxylic acids is 1. The van der Waals surface area contributed by atoms with E-state index in [0.29, 0.717) is 23.3 Å². The van der Waals surface area contributed by atoms with Gasteiger partial charge in [0.2, 0.25) is 0 Å². The number of hydrogen-bond acceptors (Lipinski definition) is 6. The third-order valence-corrected chi connectivity index (χ3v) is 6.71. The van der Waals surface area contributed by atoms with Crippen molar-refractivity contribution >= 4 is 27.2 Å². The summed E-state index contributed by atoms with van der Waals surface area (Å²) in [4.78, 5) is 14.6. The van der Waals surface area contributed by atoms with E-state index >= 15 is 0 Å². The molecule has 1 aromatic heterocycles. The molecule has 0 fully saturated rings. The Bertz CT molecular complexity index is 1240. The van der Waals surface area contributed by atoms with Crippen LogP contribution in [0.4, 0.5) is 0 Å². The number of aliphatic hydroxyl groups excluding tert-OH is 1. The Hall–Kier alpha value is -3.35. The van der Waals surface area contributed by atoms with E-state index in [4.69, 9.17) is 14.2 Å². The van der Waals surface area contributed by atoms with Crippen molar-refractivity contribution in [3.63, 3.8) is 0 Å². The largest absolute Gasteiger partial charge is 0.497 e. The van der Waals surface area contributed by atoms with Gasteiger partial charge in [0.05, 0.1) is 20.3 Å². The monoisotopic (exact) mass is 462 g/mol. The first-order valence-electron chi connectivity index (χ1n) is 10.7. The lowest BCUT2D eigenvalue weighted by Crippen LogP contribution is -2.16. The third-order valence-electron chi connectivity index (χ3n) is 5.51. The Morgan fingerprint density at radius 1 is 0.909 bits per heavy atom. The second kappa shape index (κ2) is 10.1. The predicted molar refractivity (Wildman–Crippen MR) is 132 cm³/mol. The number of aliphatic hydroxyl groups is 1. The summed E-state index contributed by atoms with van der Waals surface area (Å²) in [7, 11) is 3.26. The molecule has 0 aliphatic carbocycles. The minimum atomic E-state index is -0.507. The zero-order valence-electron chi connectivity index (χ0n) is 18.8. The molecule has 33 heavy (non-hydrogen) atoms. The lowest BCUT2D eigenvalue weighted by atomic mass is 9.97. The molecule has 0 radical (unpaired) electrons. The zero-order valence-corrected chi connectivity index (χ0v) is 19.6. The lowest BCUT2D eigenvalue weighted by Gasteiger charge is -2.11. The highest BCUT2D eigenvalue weighted by Gasteiger charge is 2.22. The van der Waals surface area contributed by atoms with Crippen molar-refractivity contribution in [3.8, 4) is 27.7 Å². The van der Waals surface area contributed by atoms with Gasteiger partial charge in [0.1, 0.15) is 23.9 Å². The predicted octanol–water partition coefficient (Wildman–Crippen LogP) is 5.97. The molecule has 0 saturated carbocycles. The van der Waals surface area contributed by atoms with Gasteiger partial charge < -0.3 is 19.3 Å². The van der Waals surface area contributed by atoms with E-state index in [1.807, 2.05) is 49.4 Å². The highest BCUT2D eigenvalue weighted by atomic mass is 32.1. The molecular weight excluding hydrogens is 436 g/mol. The van der Waals surface area contributed by atoms with Gasteiger partial charge in [0.15, 0.2) is 5.78 Å². The summed E-state index contributed by atoms with van der Waals surface area (Å²) in [5.41, 5.74) is 2.19. The number of fused-ring (bicyclic) bond motifs is 1. The molecule has 0 saturated heterocycles. The van der Waals surface area contributed by atoms with Crippen molar-refractivity contribution in [1.82, 2.24) is 0 Å². The van der Waals surface area contributed by atoms with Crippen LogP contribution in [0.15, 0.2) is 66.7 Å². The van der Waals surface area contributed by atoms with Crippen LogP contribution in [0.3, 0.4) is 0 Å². The quantitative estimate of drug-likeness (QED) is 0.311. The first kappa shape index (κ1) is 22.8. The first-order valence-corrected chi connectivity index (χ1v) is 11.6. The Balaban J connectivity index is 1.74. The molecule has 0 bridgehead atoms. The smallest absolute Gasteiger partial charge is 0.195 e. The molecular formula is C27H26O5S. The molecule has 4 aromatic rings. The average Bonchev–Trinajstić information content (AvgIpc) is 3.25. The third kappa shape index (κ3) is 4.87. The average molecular weight is 463 g/mol. The van der Waals surface area contributed by atoms with Gasteiger partial charge in [-0.15, -0.1) is 11.3 Å². The van der Waals surface area contributed by atoms with Crippen LogP contribution >= 0.6 is 11.3 Å². The molecule has 0 spiro atoms.